The Kier molecular flexibility index (Phi) is 5.28. The Hall–Kier alpha value is -4.25. The number of halogens is 1. The number of carbonyl (C=O) groups excluding carboxylic acids is 1. The van der Waals surface area contributed by atoms with Crippen molar-refractivity contribution in [2.75, 3.05) is 5.32 Å². The maximum Gasteiger partial charge on any atom is 0.271 e. The van der Waals surface area contributed by atoms with Gasteiger partial charge in [-0.1, -0.05) is 18.2 Å². The van der Waals surface area contributed by atoms with Gasteiger partial charge in [0.1, 0.15) is 29.0 Å². The van der Waals surface area contributed by atoms with E-state index in [4.69, 9.17) is 4.42 Å². The summed E-state index contributed by atoms with van der Waals surface area (Å²) in [6.45, 7) is 0. The van der Waals surface area contributed by atoms with Crippen LogP contribution in [-0.4, -0.2) is 10.8 Å². The summed E-state index contributed by atoms with van der Waals surface area (Å²) in [5.74, 6) is -0.784. The van der Waals surface area contributed by atoms with Crippen molar-refractivity contribution < 1.29 is 18.5 Å². The van der Waals surface area contributed by atoms with Crippen molar-refractivity contribution in [3.63, 3.8) is 0 Å². The second kappa shape index (κ2) is 7.97. The van der Waals surface area contributed by atoms with E-state index in [-0.39, 0.29) is 34.0 Å². The molecule has 3 rings (SSSR count). The molecule has 1 N–H and O–H groups in total. The van der Waals surface area contributed by atoms with E-state index in [0.29, 0.717) is 0 Å². The number of nitriles is 1. The molecule has 1 amide bonds. The minimum absolute atomic E-state index is 0.173. The van der Waals surface area contributed by atoms with Crippen LogP contribution in [0, 0.1) is 27.3 Å². The largest absolute Gasteiger partial charge is 0.457 e. The van der Waals surface area contributed by atoms with Gasteiger partial charge in [-0.25, -0.2) is 4.39 Å². The molecule has 0 bridgehead atoms. The van der Waals surface area contributed by atoms with E-state index in [1.54, 1.807) is 24.3 Å². The van der Waals surface area contributed by atoms with Gasteiger partial charge in [0.15, 0.2) is 0 Å². The minimum Gasteiger partial charge on any atom is -0.457 e. The quantitative estimate of drug-likeness (QED) is 0.304. The van der Waals surface area contributed by atoms with Gasteiger partial charge in [-0.15, -0.1) is 0 Å². The zero-order valence-electron chi connectivity index (χ0n) is 14.3. The zero-order chi connectivity index (χ0) is 20.1. The van der Waals surface area contributed by atoms with Crippen molar-refractivity contribution in [2.45, 2.75) is 0 Å². The van der Waals surface area contributed by atoms with Crippen LogP contribution in [0.3, 0.4) is 0 Å². The highest BCUT2D eigenvalue weighted by molar-refractivity contribution is 6.09. The first kappa shape index (κ1) is 18.5. The van der Waals surface area contributed by atoms with Crippen molar-refractivity contribution >= 4 is 23.4 Å². The monoisotopic (exact) mass is 377 g/mol. The summed E-state index contributed by atoms with van der Waals surface area (Å²) in [7, 11) is 0. The summed E-state index contributed by atoms with van der Waals surface area (Å²) in [5.41, 5.74) is -0.0460. The van der Waals surface area contributed by atoms with Crippen LogP contribution in [0.5, 0.6) is 0 Å². The highest BCUT2D eigenvalue weighted by Gasteiger charge is 2.14. The Bertz CT molecular complexity index is 1130. The predicted octanol–water partition coefficient (Wildman–Crippen LogP) is 4.54. The third-order valence-electron chi connectivity index (χ3n) is 3.73. The fourth-order valence-corrected chi connectivity index (χ4v) is 2.42. The Balaban J connectivity index is 1.82. The normalized spacial score (nSPS) is 10.9. The Labute approximate surface area is 158 Å². The average Bonchev–Trinajstić information content (AvgIpc) is 3.15. The van der Waals surface area contributed by atoms with E-state index in [2.05, 4.69) is 5.32 Å². The standard InChI is InChI=1S/C20H12FN3O4/c21-18-7-2-1-6-17(18)19-9-8-16(28-19)10-13(12-22)20(25)23-14-4-3-5-15(11-14)24(26)27/h1-11H,(H,23,25)/b13-10+. The van der Waals surface area contributed by atoms with Gasteiger partial charge < -0.3 is 9.73 Å². The van der Waals surface area contributed by atoms with Crippen LogP contribution in [0.4, 0.5) is 15.8 Å². The number of rotatable bonds is 5. The summed E-state index contributed by atoms with van der Waals surface area (Å²) in [6, 6.07) is 16.2. The second-order valence-electron chi connectivity index (χ2n) is 5.61. The molecular formula is C20H12FN3O4. The van der Waals surface area contributed by atoms with E-state index in [9.17, 15) is 24.6 Å². The number of amides is 1. The lowest BCUT2D eigenvalue weighted by Crippen LogP contribution is -2.13. The Morgan fingerprint density at radius 1 is 1.18 bits per heavy atom. The zero-order valence-corrected chi connectivity index (χ0v) is 14.3. The molecule has 0 saturated heterocycles. The molecule has 1 aromatic heterocycles. The Morgan fingerprint density at radius 3 is 2.68 bits per heavy atom. The van der Waals surface area contributed by atoms with Gasteiger partial charge in [-0.05, 0) is 30.3 Å². The molecule has 0 radical (unpaired) electrons. The molecule has 0 saturated carbocycles. The van der Waals surface area contributed by atoms with E-state index in [0.717, 1.165) is 0 Å². The molecular weight excluding hydrogens is 365 g/mol. The van der Waals surface area contributed by atoms with Crippen molar-refractivity contribution in [2.24, 2.45) is 0 Å². The molecule has 0 aliphatic heterocycles. The molecule has 0 spiro atoms. The first-order valence-electron chi connectivity index (χ1n) is 8.00. The maximum atomic E-state index is 13.8. The first-order valence-corrected chi connectivity index (χ1v) is 8.00. The molecule has 2 aromatic carbocycles. The summed E-state index contributed by atoms with van der Waals surface area (Å²) in [6.07, 6.45) is 1.21. The molecule has 28 heavy (non-hydrogen) atoms. The first-order chi connectivity index (χ1) is 13.5. The molecule has 138 valence electrons. The number of nitrogens with zero attached hydrogens (tertiary/aromatic N) is 2. The van der Waals surface area contributed by atoms with E-state index in [1.807, 2.05) is 0 Å². The number of non-ortho nitro benzene ring substituents is 1. The SMILES string of the molecule is N#C/C(=C\c1ccc(-c2ccccc2F)o1)C(=O)Nc1cccc([N+](=O)[O-])c1. The molecule has 7 nitrogen and oxygen atoms in total. The fourth-order valence-electron chi connectivity index (χ4n) is 2.42. The van der Waals surface area contributed by atoms with Gasteiger partial charge >= 0.3 is 0 Å². The van der Waals surface area contributed by atoms with Crippen molar-refractivity contribution in [3.05, 3.63) is 87.9 Å². The molecule has 0 fully saturated rings. The van der Waals surface area contributed by atoms with Gasteiger partial charge in [0.25, 0.3) is 11.6 Å². The molecule has 0 aliphatic rings. The minimum atomic E-state index is -0.758. The van der Waals surface area contributed by atoms with Crippen LogP contribution in [0.2, 0.25) is 0 Å². The molecule has 8 heteroatoms. The van der Waals surface area contributed by atoms with Gasteiger partial charge in [-0.2, -0.15) is 5.26 Å². The number of carbonyl (C=O) groups is 1. The van der Waals surface area contributed by atoms with E-state index < -0.39 is 16.6 Å². The molecule has 3 aromatic rings. The summed E-state index contributed by atoms with van der Waals surface area (Å²) in [5, 5.41) is 22.5. The van der Waals surface area contributed by atoms with Crippen molar-refractivity contribution in [1.82, 2.24) is 0 Å². The number of benzene rings is 2. The van der Waals surface area contributed by atoms with Crippen LogP contribution in [0.25, 0.3) is 17.4 Å². The Morgan fingerprint density at radius 2 is 1.96 bits per heavy atom. The van der Waals surface area contributed by atoms with Gasteiger partial charge in [0.05, 0.1) is 10.5 Å². The van der Waals surface area contributed by atoms with Crippen LogP contribution in [0.1, 0.15) is 5.76 Å². The topological polar surface area (TPSA) is 109 Å². The molecule has 1 heterocycles. The van der Waals surface area contributed by atoms with Crippen molar-refractivity contribution in [1.29, 1.82) is 5.26 Å². The number of hydrogen-bond donors (Lipinski definition) is 1. The number of nitrogens with one attached hydrogen (secondary N) is 1. The maximum absolute atomic E-state index is 13.8. The average molecular weight is 377 g/mol. The van der Waals surface area contributed by atoms with Gasteiger partial charge in [-0.3, -0.25) is 14.9 Å². The lowest BCUT2D eigenvalue weighted by molar-refractivity contribution is -0.384. The fraction of sp³-hybridized carbons (Fsp3) is 0. The van der Waals surface area contributed by atoms with Gasteiger partial charge in [0.2, 0.25) is 0 Å². The van der Waals surface area contributed by atoms with Gasteiger partial charge in [0, 0.05) is 23.9 Å². The number of hydrogen-bond acceptors (Lipinski definition) is 5. The number of nitro groups is 1. The van der Waals surface area contributed by atoms with Crippen LogP contribution >= 0.6 is 0 Å². The third kappa shape index (κ3) is 4.11. The smallest absolute Gasteiger partial charge is 0.271 e. The second-order valence-corrected chi connectivity index (χ2v) is 5.61. The third-order valence-corrected chi connectivity index (χ3v) is 3.73. The number of nitro benzene ring substituents is 1. The highest BCUT2D eigenvalue weighted by atomic mass is 19.1. The number of anilines is 1. The van der Waals surface area contributed by atoms with E-state index >= 15 is 0 Å². The lowest BCUT2D eigenvalue weighted by Gasteiger charge is -2.03. The lowest BCUT2D eigenvalue weighted by atomic mass is 10.1. The summed E-state index contributed by atoms with van der Waals surface area (Å²) >= 11 is 0. The number of furan rings is 1. The molecule has 0 aliphatic carbocycles. The van der Waals surface area contributed by atoms with Crippen LogP contribution in [-0.2, 0) is 4.79 Å². The van der Waals surface area contributed by atoms with E-state index in [1.165, 1.54) is 48.5 Å². The van der Waals surface area contributed by atoms with Crippen LogP contribution < -0.4 is 5.32 Å². The van der Waals surface area contributed by atoms with Crippen molar-refractivity contribution in [3.8, 4) is 17.4 Å². The molecule has 0 atom stereocenters. The highest BCUT2D eigenvalue weighted by Crippen LogP contribution is 2.26. The molecule has 0 unspecified atom stereocenters. The summed E-state index contributed by atoms with van der Waals surface area (Å²) in [4.78, 5) is 22.5. The predicted molar refractivity (Wildman–Crippen MR) is 99.4 cm³/mol. The summed E-state index contributed by atoms with van der Waals surface area (Å²) < 4.78 is 19.3. The van der Waals surface area contributed by atoms with Crippen LogP contribution in [0.15, 0.2) is 70.7 Å².